The summed E-state index contributed by atoms with van der Waals surface area (Å²) in [6.07, 6.45) is 0.743. The van der Waals surface area contributed by atoms with Crippen molar-refractivity contribution in [2.75, 3.05) is 0 Å². The molecule has 21 heavy (non-hydrogen) atoms. The monoisotopic (exact) mass is 282 g/mol. The predicted octanol–water partition coefficient (Wildman–Crippen LogP) is 4.28. The SMILES string of the molecule is Cc1cc(C)cc(Oc2ccc(C3CC3C(=O)O)cc2)c1. The molecule has 1 fully saturated rings. The van der Waals surface area contributed by atoms with Crippen molar-refractivity contribution in [1.82, 2.24) is 0 Å². The van der Waals surface area contributed by atoms with Crippen LogP contribution in [0.3, 0.4) is 0 Å². The van der Waals surface area contributed by atoms with Crippen LogP contribution in [0.5, 0.6) is 11.5 Å². The van der Waals surface area contributed by atoms with E-state index in [1.165, 1.54) is 11.1 Å². The summed E-state index contributed by atoms with van der Waals surface area (Å²) >= 11 is 0. The summed E-state index contributed by atoms with van der Waals surface area (Å²) < 4.78 is 5.85. The predicted molar refractivity (Wildman–Crippen MR) is 80.9 cm³/mol. The number of benzene rings is 2. The van der Waals surface area contributed by atoms with Crippen molar-refractivity contribution in [2.24, 2.45) is 5.92 Å². The molecular formula is C18H18O3. The minimum Gasteiger partial charge on any atom is -0.481 e. The molecule has 0 saturated heterocycles. The number of ether oxygens (including phenoxy) is 1. The second-order valence-electron chi connectivity index (χ2n) is 5.78. The largest absolute Gasteiger partial charge is 0.481 e. The quantitative estimate of drug-likeness (QED) is 0.910. The van der Waals surface area contributed by atoms with Gasteiger partial charge in [-0.05, 0) is 67.1 Å². The first-order chi connectivity index (χ1) is 10.0. The molecule has 3 heteroatoms. The van der Waals surface area contributed by atoms with Gasteiger partial charge in [0.25, 0.3) is 0 Å². The highest BCUT2D eigenvalue weighted by molar-refractivity contribution is 5.75. The van der Waals surface area contributed by atoms with Gasteiger partial charge in [-0.2, -0.15) is 0 Å². The number of rotatable bonds is 4. The smallest absolute Gasteiger partial charge is 0.307 e. The van der Waals surface area contributed by atoms with E-state index < -0.39 is 5.97 Å². The van der Waals surface area contributed by atoms with E-state index in [0.717, 1.165) is 23.5 Å². The van der Waals surface area contributed by atoms with Gasteiger partial charge in [0.1, 0.15) is 11.5 Å². The Labute approximate surface area is 124 Å². The molecule has 0 bridgehead atoms. The van der Waals surface area contributed by atoms with E-state index in [-0.39, 0.29) is 11.8 Å². The third-order valence-electron chi connectivity index (χ3n) is 3.85. The Hall–Kier alpha value is -2.29. The lowest BCUT2D eigenvalue weighted by atomic mass is 10.1. The van der Waals surface area contributed by atoms with Gasteiger partial charge in [0, 0.05) is 0 Å². The van der Waals surface area contributed by atoms with Crippen LogP contribution in [0.2, 0.25) is 0 Å². The van der Waals surface area contributed by atoms with E-state index in [1.807, 2.05) is 50.2 Å². The summed E-state index contributed by atoms with van der Waals surface area (Å²) in [4.78, 5) is 10.9. The van der Waals surface area contributed by atoms with Gasteiger partial charge in [-0.3, -0.25) is 4.79 Å². The van der Waals surface area contributed by atoms with E-state index in [9.17, 15) is 4.79 Å². The Morgan fingerprint density at radius 1 is 1.05 bits per heavy atom. The molecule has 0 heterocycles. The Kier molecular flexibility index (Phi) is 3.42. The van der Waals surface area contributed by atoms with E-state index in [4.69, 9.17) is 9.84 Å². The van der Waals surface area contributed by atoms with Gasteiger partial charge >= 0.3 is 5.97 Å². The highest BCUT2D eigenvalue weighted by Gasteiger charge is 2.43. The van der Waals surface area contributed by atoms with Gasteiger partial charge in [-0.15, -0.1) is 0 Å². The zero-order valence-corrected chi connectivity index (χ0v) is 12.2. The minimum atomic E-state index is -0.699. The highest BCUT2D eigenvalue weighted by Crippen LogP contribution is 2.47. The lowest BCUT2D eigenvalue weighted by Crippen LogP contribution is -1.98. The van der Waals surface area contributed by atoms with E-state index in [1.54, 1.807) is 0 Å². The Morgan fingerprint density at radius 3 is 2.19 bits per heavy atom. The molecule has 0 aromatic heterocycles. The molecular weight excluding hydrogens is 264 g/mol. The lowest BCUT2D eigenvalue weighted by Gasteiger charge is -2.08. The molecule has 0 spiro atoms. The van der Waals surface area contributed by atoms with Crippen LogP contribution in [0.25, 0.3) is 0 Å². The third kappa shape index (κ3) is 3.07. The number of aliphatic carboxylic acids is 1. The van der Waals surface area contributed by atoms with Gasteiger partial charge in [0.2, 0.25) is 0 Å². The average molecular weight is 282 g/mol. The summed E-state index contributed by atoms with van der Waals surface area (Å²) in [7, 11) is 0. The van der Waals surface area contributed by atoms with Crippen molar-refractivity contribution < 1.29 is 14.6 Å². The van der Waals surface area contributed by atoms with E-state index in [2.05, 4.69) is 6.07 Å². The first-order valence-electron chi connectivity index (χ1n) is 7.12. The van der Waals surface area contributed by atoms with E-state index >= 15 is 0 Å². The van der Waals surface area contributed by atoms with Crippen LogP contribution in [0.1, 0.15) is 29.0 Å². The second kappa shape index (κ2) is 5.24. The second-order valence-corrected chi connectivity index (χ2v) is 5.78. The summed E-state index contributed by atoms with van der Waals surface area (Å²) in [5.41, 5.74) is 3.42. The van der Waals surface area contributed by atoms with Crippen molar-refractivity contribution in [1.29, 1.82) is 0 Å². The van der Waals surface area contributed by atoms with Crippen LogP contribution in [0, 0.1) is 19.8 Å². The van der Waals surface area contributed by atoms with Gasteiger partial charge in [0.15, 0.2) is 0 Å². The van der Waals surface area contributed by atoms with Crippen molar-refractivity contribution in [3.8, 4) is 11.5 Å². The fraction of sp³-hybridized carbons (Fsp3) is 0.278. The van der Waals surface area contributed by atoms with Gasteiger partial charge in [0.05, 0.1) is 5.92 Å². The zero-order chi connectivity index (χ0) is 15.0. The molecule has 1 aliphatic rings. The molecule has 2 aromatic carbocycles. The van der Waals surface area contributed by atoms with Crippen LogP contribution in [-0.2, 0) is 4.79 Å². The summed E-state index contributed by atoms with van der Waals surface area (Å²) in [6.45, 7) is 4.09. The van der Waals surface area contributed by atoms with Gasteiger partial charge < -0.3 is 9.84 Å². The summed E-state index contributed by atoms with van der Waals surface area (Å²) in [5.74, 6) is 0.857. The Morgan fingerprint density at radius 2 is 1.67 bits per heavy atom. The number of aryl methyl sites for hydroxylation is 2. The maximum absolute atomic E-state index is 10.9. The van der Waals surface area contributed by atoms with Crippen LogP contribution < -0.4 is 4.74 Å². The van der Waals surface area contributed by atoms with Crippen LogP contribution in [0.15, 0.2) is 42.5 Å². The molecule has 2 atom stereocenters. The van der Waals surface area contributed by atoms with Crippen LogP contribution in [-0.4, -0.2) is 11.1 Å². The number of hydrogen-bond donors (Lipinski definition) is 1. The summed E-state index contributed by atoms with van der Waals surface area (Å²) in [6, 6.07) is 13.9. The number of hydrogen-bond acceptors (Lipinski definition) is 2. The fourth-order valence-electron chi connectivity index (χ4n) is 2.75. The molecule has 0 amide bonds. The highest BCUT2D eigenvalue weighted by atomic mass is 16.5. The number of carboxylic acid groups (broad SMARTS) is 1. The van der Waals surface area contributed by atoms with Gasteiger partial charge in [-0.1, -0.05) is 18.2 Å². The average Bonchev–Trinajstić information content (AvgIpc) is 3.18. The fourth-order valence-corrected chi connectivity index (χ4v) is 2.75. The standard InChI is InChI=1S/C18H18O3/c1-11-7-12(2)9-15(8-11)21-14-5-3-13(4-6-14)16-10-17(16)18(19)20/h3-9,16-17H,10H2,1-2H3,(H,19,20). The molecule has 3 rings (SSSR count). The van der Waals surface area contributed by atoms with Crippen molar-refractivity contribution in [3.63, 3.8) is 0 Å². The third-order valence-corrected chi connectivity index (χ3v) is 3.85. The molecule has 3 nitrogen and oxygen atoms in total. The lowest BCUT2D eigenvalue weighted by molar-refractivity contribution is -0.138. The molecule has 1 saturated carbocycles. The van der Waals surface area contributed by atoms with Crippen LogP contribution >= 0.6 is 0 Å². The van der Waals surface area contributed by atoms with Crippen molar-refractivity contribution >= 4 is 5.97 Å². The van der Waals surface area contributed by atoms with Gasteiger partial charge in [-0.25, -0.2) is 0 Å². The number of carboxylic acids is 1. The molecule has 0 radical (unpaired) electrons. The zero-order valence-electron chi connectivity index (χ0n) is 12.2. The summed E-state index contributed by atoms with van der Waals surface area (Å²) in [5, 5.41) is 8.96. The molecule has 1 N–H and O–H groups in total. The van der Waals surface area contributed by atoms with Crippen molar-refractivity contribution in [3.05, 3.63) is 59.2 Å². The minimum absolute atomic E-state index is 0.165. The van der Waals surface area contributed by atoms with Crippen LogP contribution in [0.4, 0.5) is 0 Å². The Bertz CT molecular complexity index is 653. The maximum atomic E-state index is 10.9. The molecule has 0 aliphatic heterocycles. The van der Waals surface area contributed by atoms with E-state index in [0.29, 0.717) is 0 Å². The molecule has 1 aliphatic carbocycles. The first kappa shape index (κ1) is 13.7. The molecule has 2 aromatic rings. The molecule has 2 unspecified atom stereocenters. The maximum Gasteiger partial charge on any atom is 0.307 e. The topological polar surface area (TPSA) is 46.5 Å². The number of carbonyl (C=O) groups is 1. The van der Waals surface area contributed by atoms with Crippen molar-refractivity contribution in [2.45, 2.75) is 26.2 Å². The molecule has 108 valence electrons. The Balaban J connectivity index is 1.71. The normalized spacial score (nSPS) is 20.1. The first-order valence-corrected chi connectivity index (χ1v) is 7.12.